The SMILES string of the molecule is COc1ccc2c(CSc3nc4ccccc4c(=O)n3C3CCCC3)cc(=O)oc2c1. The van der Waals surface area contributed by atoms with E-state index in [0.29, 0.717) is 33.1 Å². The standard InChI is InChI=1S/C24H22N2O4S/c1-29-17-10-11-18-15(12-22(27)30-21(18)13-17)14-31-24-25-20-9-5-4-8-19(20)23(28)26(24)16-6-2-3-7-16/h4-5,8-13,16H,2-3,6-7,14H2,1H3. The molecule has 2 heterocycles. The van der Waals surface area contributed by atoms with Gasteiger partial charge in [0.2, 0.25) is 0 Å². The number of benzene rings is 2. The maximum atomic E-state index is 13.3. The van der Waals surface area contributed by atoms with Crippen molar-refractivity contribution in [1.82, 2.24) is 9.55 Å². The van der Waals surface area contributed by atoms with Crippen LogP contribution in [0.2, 0.25) is 0 Å². The Morgan fingerprint density at radius 2 is 1.90 bits per heavy atom. The highest BCUT2D eigenvalue weighted by atomic mass is 32.2. The highest BCUT2D eigenvalue weighted by molar-refractivity contribution is 7.98. The molecule has 1 aliphatic carbocycles. The summed E-state index contributed by atoms with van der Waals surface area (Å²) in [5, 5.41) is 2.20. The summed E-state index contributed by atoms with van der Waals surface area (Å²) in [6.45, 7) is 0. The number of para-hydroxylation sites is 1. The minimum atomic E-state index is -0.406. The van der Waals surface area contributed by atoms with Gasteiger partial charge in [0.1, 0.15) is 11.3 Å². The van der Waals surface area contributed by atoms with Gasteiger partial charge >= 0.3 is 5.63 Å². The largest absolute Gasteiger partial charge is 0.497 e. The molecule has 158 valence electrons. The molecule has 4 aromatic rings. The Balaban J connectivity index is 1.58. The summed E-state index contributed by atoms with van der Waals surface area (Å²) in [7, 11) is 1.58. The maximum absolute atomic E-state index is 13.3. The molecule has 6 nitrogen and oxygen atoms in total. The zero-order valence-electron chi connectivity index (χ0n) is 17.2. The summed E-state index contributed by atoms with van der Waals surface area (Å²) in [5.74, 6) is 1.14. The zero-order chi connectivity index (χ0) is 21.4. The Kier molecular flexibility index (Phi) is 5.28. The van der Waals surface area contributed by atoms with Crippen LogP contribution in [0.1, 0.15) is 37.3 Å². The number of hydrogen-bond acceptors (Lipinski definition) is 6. The number of nitrogens with zero attached hydrogens (tertiary/aromatic N) is 2. The minimum absolute atomic E-state index is 0.0159. The van der Waals surface area contributed by atoms with Gasteiger partial charge in [0.25, 0.3) is 5.56 Å². The molecule has 2 aromatic carbocycles. The topological polar surface area (TPSA) is 74.3 Å². The summed E-state index contributed by atoms with van der Waals surface area (Å²) in [6.07, 6.45) is 4.23. The van der Waals surface area contributed by atoms with Crippen LogP contribution in [0, 0.1) is 0 Å². The molecule has 1 saturated carbocycles. The van der Waals surface area contributed by atoms with Crippen LogP contribution in [0.5, 0.6) is 5.75 Å². The van der Waals surface area contributed by atoms with Crippen molar-refractivity contribution in [3.63, 3.8) is 0 Å². The van der Waals surface area contributed by atoms with E-state index >= 15 is 0 Å². The van der Waals surface area contributed by atoms with E-state index in [9.17, 15) is 9.59 Å². The van der Waals surface area contributed by atoms with Crippen molar-refractivity contribution in [2.24, 2.45) is 0 Å². The first kappa shape index (κ1) is 19.9. The van der Waals surface area contributed by atoms with E-state index in [1.165, 1.54) is 17.8 Å². The third-order valence-electron chi connectivity index (χ3n) is 5.86. The van der Waals surface area contributed by atoms with E-state index in [-0.39, 0.29) is 11.6 Å². The Morgan fingerprint density at radius 3 is 2.71 bits per heavy atom. The first-order valence-electron chi connectivity index (χ1n) is 10.4. The lowest BCUT2D eigenvalue weighted by molar-refractivity contribution is 0.414. The minimum Gasteiger partial charge on any atom is -0.497 e. The maximum Gasteiger partial charge on any atom is 0.336 e. The van der Waals surface area contributed by atoms with Crippen molar-refractivity contribution in [2.45, 2.75) is 42.6 Å². The fourth-order valence-corrected chi connectivity index (χ4v) is 5.37. The average molecular weight is 435 g/mol. The van der Waals surface area contributed by atoms with Gasteiger partial charge in [0, 0.05) is 29.3 Å². The van der Waals surface area contributed by atoms with E-state index in [2.05, 4.69) is 0 Å². The number of rotatable bonds is 5. The first-order chi connectivity index (χ1) is 15.1. The summed E-state index contributed by atoms with van der Waals surface area (Å²) in [4.78, 5) is 30.3. The Morgan fingerprint density at radius 1 is 1.10 bits per heavy atom. The molecule has 0 atom stereocenters. The summed E-state index contributed by atoms with van der Waals surface area (Å²) in [5.41, 5.74) is 1.64. The number of ether oxygens (including phenoxy) is 1. The molecule has 0 saturated heterocycles. The molecule has 7 heteroatoms. The van der Waals surface area contributed by atoms with Crippen LogP contribution in [0.4, 0.5) is 0 Å². The Bertz CT molecular complexity index is 1390. The molecule has 5 rings (SSSR count). The number of fused-ring (bicyclic) bond motifs is 2. The molecule has 0 aliphatic heterocycles. The van der Waals surface area contributed by atoms with Gasteiger partial charge in [-0.05, 0) is 42.7 Å². The number of hydrogen-bond donors (Lipinski definition) is 0. The van der Waals surface area contributed by atoms with Gasteiger partial charge in [-0.3, -0.25) is 9.36 Å². The molecule has 0 unspecified atom stereocenters. The lowest BCUT2D eigenvalue weighted by Gasteiger charge is -2.18. The van der Waals surface area contributed by atoms with Gasteiger partial charge < -0.3 is 9.15 Å². The summed E-state index contributed by atoms with van der Waals surface area (Å²) in [6, 6.07) is 14.6. The summed E-state index contributed by atoms with van der Waals surface area (Å²) >= 11 is 1.49. The fraction of sp³-hybridized carbons (Fsp3) is 0.292. The third-order valence-corrected chi connectivity index (χ3v) is 6.86. The van der Waals surface area contributed by atoms with E-state index < -0.39 is 5.63 Å². The molecule has 0 amide bonds. The van der Waals surface area contributed by atoms with Crippen molar-refractivity contribution in [1.29, 1.82) is 0 Å². The van der Waals surface area contributed by atoms with E-state index in [0.717, 1.165) is 36.6 Å². The van der Waals surface area contributed by atoms with Gasteiger partial charge in [-0.2, -0.15) is 0 Å². The predicted octanol–water partition coefficient (Wildman–Crippen LogP) is 4.92. The zero-order valence-corrected chi connectivity index (χ0v) is 18.0. The van der Waals surface area contributed by atoms with Gasteiger partial charge in [-0.25, -0.2) is 9.78 Å². The van der Waals surface area contributed by atoms with Crippen LogP contribution in [0.3, 0.4) is 0 Å². The van der Waals surface area contributed by atoms with Crippen LogP contribution in [-0.4, -0.2) is 16.7 Å². The molecule has 1 fully saturated rings. The molecule has 0 bridgehead atoms. The Hall–Kier alpha value is -3.06. The highest BCUT2D eigenvalue weighted by Crippen LogP contribution is 2.34. The highest BCUT2D eigenvalue weighted by Gasteiger charge is 2.23. The second kappa shape index (κ2) is 8.23. The molecule has 1 aliphatic rings. The second-order valence-electron chi connectivity index (χ2n) is 7.77. The summed E-state index contributed by atoms with van der Waals surface area (Å²) < 4.78 is 12.5. The lowest BCUT2D eigenvalue weighted by atomic mass is 10.1. The lowest BCUT2D eigenvalue weighted by Crippen LogP contribution is -2.26. The van der Waals surface area contributed by atoms with Gasteiger partial charge in [-0.1, -0.05) is 36.7 Å². The van der Waals surface area contributed by atoms with Crippen LogP contribution < -0.4 is 15.9 Å². The molecule has 0 spiro atoms. The van der Waals surface area contributed by atoms with Gasteiger partial charge in [0.15, 0.2) is 5.16 Å². The molecule has 0 radical (unpaired) electrons. The van der Waals surface area contributed by atoms with Crippen LogP contribution in [0.25, 0.3) is 21.9 Å². The smallest absolute Gasteiger partial charge is 0.336 e. The van der Waals surface area contributed by atoms with Crippen molar-refractivity contribution in [2.75, 3.05) is 7.11 Å². The van der Waals surface area contributed by atoms with Crippen molar-refractivity contribution in [3.05, 3.63) is 74.9 Å². The van der Waals surface area contributed by atoms with E-state index in [4.69, 9.17) is 14.1 Å². The Labute approximate surface area is 182 Å². The molecular weight excluding hydrogens is 412 g/mol. The van der Waals surface area contributed by atoms with Crippen LogP contribution in [0.15, 0.2) is 67.7 Å². The monoisotopic (exact) mass is 434 g/mol. The fourth-order valence-electron chi connectivity index (χ4n) is 4.31. The molecule has 0 N–H and O–H groups in total. The number of methoxy groups -OCH3 is 1. The average Bonchev–Trinajstić information content (AvgIpc) is 3.31. The third kappa shape index (κ3) is 3.74. The predicted molar refractivity (Wildman–Crippen MR) is 122 cm³/mol. The van der Waals surface area contributed by atoms with Crippen molar-refractivity contribution < 1.29 is 9.15 Å². The molecular formula is C24H22N2O4S. The van der Waals surface area contributed by atoms with E-state index in [1.54, 1.807) is 13.2 Å². The number of aromatic nitrogens is 2. The normalized spacial score (nSPS) is 14.5. The first-order valence-corrected chi connectivity index (χ1v) is 11.4. The van der Waals surface area contributed by atoms with Gasteiger partial charge in [-0.15, -0.1) is 0 Å². The second-order valence-corrected chi connectivity index (χ2v) is 8.71. The van der Waals surface area contributed by atoms with Crippen LogP contribution in [-0.2, 0) is 5.75 Å². The quantitative estimate of drug-likeness (QED) is 0.252. The van der Waals surface area contributed by atoms with Crippen molar-refractivity contribution >= 4 is 33.6 Å². The number of thioether (sulfide) groups is 1. The molecule has 2 aromatic heterocycles. The van der Waals surface area contributed by atoms with Gasteiger partial charge in [0.05, 0.1) is 18.0 Å². The van der Waals surface area contributed by atoms with E-state index in [1.807, 2.05) is 41.0 Å². The molecule has 31 heavy (non-hydrogen) atoms. The van der Waals surface area contributed by atoms with Crippen LogP contribution >= 0.6 is 11.8 Å². The van der Waals surface area contributed by atoms with Crippen molar-refractivity contribution in [3.8, 4) is 5.75 Å².